The maximum Gasteiger partial charge on any atom is 0.323 e. The summed E-state index contributed by atoms with van der Waals surface area (Å²) >= 11 is 0. The van der Waals surface area contributed by atoms with E-state index in [1.165, 1.54) is 0 Å². The van der Waals surface area contributed by atoms with Crippen molar-refractivity contribution < 1.29 is 10.1 Å². The van der Waals surface area contributed by atoms with E-state index in [1.54, 1.807) is 0 Å². The van der Waals surface area contributed by atoms with Crippen LogP contribution < -0.4 is 5.46 Å². The minimum absolute atomic E-state index is 0.210. The van der Waals surface area contributed by atoms with E-state index in [4.69, 9.17) is 5.11 Å². The third-order valence-corrected chi connectivity index (χ3v) is 2.07. The highest BCUT2D eigenvalue weighted by molar-refractivity contribution is 6.66. The molecule has 1 aromatic carbocycles. The van der Waals surface area contributed by atoms with Crippen LogP contribution in [0.25, 0.3) is 0 Å². The summed E-state index contributed by atoms with van der Waals surface area (Å²) in [5, 5.41) is 18.2. The van der Waals surface area contributed by atoms with Gasteiger partial charge in [0.2, 0.25) is 0 Å². The van der Waals surface area contributed by atoms with Crippen LogP contribution in [0, 0.1) is 0 Å². The summed E-state index contributed by atoms with van der Waals surface area (Å²) in [5.74, 6) is 0. The van der Waals surface area contributed by atoms with Crippen LogP contribution in [-0.2, 0) is 0 Å². The first kappa shape index (κ1) is 10.3. The molecule has 13 heavy (non-hydrogen) atoms. The highest BCUT2D eigenvalue weighted by atomic mass is 16.3. The zero-order valence-corrected chi connectivity index (χ0v) is 7.69. The molecule has 0 amide bonds. The fourth-order valence-electron chi connectivity index (χ4n) is 1.29. The van der Waals surface area contributed by atoms with Gasteiger partial charge in [0.15, 0.2) is 0 Å². The third-order valence-electron chi connectivity index (χ3n) is 2.07. The second-order valence-corrected chi connectivity index (χ2v) is 3.15. The van der Waals surface area contributed by atoms with Crippen LogP contribution in [0.1, 0.15) is 12.8 Å². The molecule has 70 valence electrons. The van der Waals surface area contributed by atoms with Crippen molar-refractivity contribution in [1.29, 1.82) is 0 Å². The lowest BCUT2D eigenvalue weighted by Gasteiger charge is -2.05. The molecule has 0 saturated carbocycles. The van der Waals surface area contributed by atoms with E-state index in [0.29, 0.717) is 0 Å². The van der Waals surface area contributed by atoms with Crippen molar-refractivity contribution in [2.24, 2.45) is 0 Å². The van der Waals surface area contributed by atoms with Crippen LogP contribution >= 0.6 is 0 Å². The Balaban J connectivity index is 2.35. The minimum atomic E-state index is -0.382. The molecule has 2 nitrogen and oxygen atoms in total. The molecule has 0 aliphatic heterocycles. The zero-order valence-electron chi connectivity index (χ0n) is 7.69. The highest BCUT2D eigenvalue weighted by Crippen LogP contribution is 1.99. The monoisotopic (exact) mass is 178 g/mol. The van der Waals surface area contributed by atoms with Crippen molar-refractivity contribution >= 4 is 12.4 Å². The number of hydrogen-bond acceptors (Lipinski definition) is 2. The second-order valence-electron chi connectivity index (χ2n) is 3.15. The molecule has 0 atom stereocenters. The zero-order chi connectivity index (χ0) is 9.52. The maximum absolute atomic E-state index is 9.67. The molecular formula is C10H15BO2. The van der Waals surface area contributed by atoms with Crippen LogP contribution in [0.5, 0.6) is 0 Å². The molecule has 0 radical (unpaired) electrons. The van der Waals surface area contributed by atoms with Gasteiger partial charge >= 0.3 is 6.92 Å². The van der Waals surface area contributed by atoms with Crippen molar-refractivity contribution in [2.45, 2.75) is 19.2 Å². The summed E-state index contributed by atoms with van der Waals surface area (Å²) in [5.41, 5.74) is 0.959. The van der Waals surface area contributed by atoms with Crippen LogP contribution in [0.3, 0.4) is 0 Å². The van der Waals surface area contributed by atoms with E-state index in [9.17, 15) is 5.02 Å². The third kappa shape index (κ3) is 3.62. The molecule has 0 unspecified atom stereocenters. The van der Waals surface area contributed by atoms with Crippen LogP contribution in [-0.4, -0.2) is 23.7 Å². The first-order valence-electron chi connectivity index (χ1n) is 4.68. The number of rotatable bonds is 5. The van der Waals surface area contributed by atoms with Crippen molar-refractivity contribution in [3.05, 3.63) is 30.3 Å². The Hall–Kier alpha value is -0.795. The number of unbranched alkanes of at least 4 members (excludes halogenated alkanes) is 1. The van der Waals surface area contributed by atoms with E-state index in [0.717, 1.165) is 24.6 Å². The van der Waals surface area contributed by atoms with Crippen molar-refractivity contribution in [3.8, 4) is 0 Å². The molecule has 0 fully saturated rings. The van der Waals surface area contributed by atoms with Gasteiger partial charge in [-0.3, -0.25) is 0 Å². The molecule has 1 rings (SSSR count). The lowest BCUT2D eigenvalue weighted by atomic mass is 9.58. The first-order valence-corrected chi connectivity index (χ1v) is 4.68. The highest BCUT2D eigenvalue weighted by Gasteiger charge is 2.11. The second kappa shape index (κ2) is 5.78. The van der Waals surface area contributed by atoms with E-state index in [2.05, 4.69) is 0 Å². The Bertz CT molecular complexity index is 226. The van der Waals surface area contributed by atoms with Gasteiger partial charge in [0.05, 0.1) is 0 Å². The number of benzene rings is 1. The molecule has 0 aliphatic carbocycles. The number of hydrogen-bond donors (Lipinski definition) is 2. The predicted octanol–water partition coefficient (Wildman–Crippen LogP) is 0.650. The Morgan fingerprint density at radius 2 is 1.77 bits per heavy atom. The van der Waals surface area contributed by atoms with Crippen molar-refractivity contribution in [3.63, 3.8) is 0 Å². The lowest BCUT2D eigenvalue weighted by Crippen LogP contribution is -2.29. The topological polar surface area (TPSA) is 40.5 Å². The van der Waals surface area contributed by atoms with Gasteiger partial charge in [-0.1, -0.05) is 36.8 Å². The van der Waals surface area contributed by atoms with Crippen molar-refractivity contribution in [1.82, 2.24) is 0 Å². The summed E-state index contributed by atoms with van der Waals surface area (Å²) in [6, 6.07) is 9.62. The Labute approximate surface area is 79.3 Å². The Morgan fingerprint density at radius 3 is 2.38 bits per heavy atom. The molecule has 0 aliphatic rings. The molecule has 0 saturated heterocycles. The lowest BCUT2D eigenvalue weighted by molar-refractivity contribution is 0.286. The Kier molecular flexibility index (Phi) is 4.58. The van der Waals surface area contributed by atoms with Gasteiger partial charge in [-0.05, 0) is 18.2 Å². The summed E-state index contributed by atoms with van der Waals surface area (Å²) < 4.78 is 0. The summed E-state index contributed by atoms with van der Waals surface area (Å²) in [6.07, 6.45) is 2.36. The van der Waals surface area contributed by atoms with Gasteiger partial charge in [-0.15, -0.1) is 0 Å². The standard InChI is InChI=1S/C10H15BO2/c12-9-5-4-8-11(13)10-6-2-1-3-7-10/h1-3,6-7,12-13H,4-5,8-9H2. The molecule has 0 bridgehead atoms. The summed E-state index contributed by atoms with van der Waals surface area (Å²) in [6.45, 7) is -0.172. The largest absolute Gasteiger partial charge is 0.446 e. The average molecular weight is 178 g/mol. The smallest absolute Gasteiger partial charge is 0.323 e. The van der Waals surface area contributed by atoms with Gasteiger partial charge in [0, 0.05) is 6.61 Å². The predicted molar refractivity (Wildman–Crippen MR) is 55.2 cm³/mol. The fourth-order valence-corrected chi connectivity index (χ4v) is 1.29. The average Bonchev–Trinajstić information content (AvgIpc) is 2.19. The van der Waals surface area contributed by atoms with Crippen LogP contribution in [0.15, 0.2) is 30.3 Å². The SMILES string of the molecule is OCCCCB(O)c1ccccc1. The van der Waals surface area contributed by atoms with Crippen LogP contribution in [0.4, 0.5) is 0 Å². The van der Waals surface area contributed by atoms with Crippen molar-refractivity contribution in [2.75, 3.05) is 6.61 Å². The first-order chi connectivity index (χ1) is 6.34. The molecular weight excluding hydrogens is 163 g/mol. The molecule has 3 heteroatoms. The van der Waals surface area contributed by atoms with E-state index in [1.807, 2.05) is 30.3 Å². The van der Waals surface area contributed by atoms with Gasteiger partial charge < -0.3 is 10.1 Å². The minimum Gasteiger partial charge on any atom is -0.446 e. The quantitative estimate of drug-likeness (QED) is 0.513. The normalized spacial score (nSPS) is 10.0. The summed E-state index contributed by atoms with van der Waals surface area (Å²) in [4.78, 5) is 0. The van der Waals surface area contributed by atoms with Gasteiger partial charge in [-0.2, -0.15) is 0 Å². The molecule has 0 spiro atoms. The fraction of sp³-hybridized carbons (Fsp3) is 0.400. The number of aliphatic hydroxyl groups excluding tert-OH is 1. The van der Waals surface area contributed by atoms with Gasteiger partial charge in [0.25, 0.3) is 0 Å². The molecule has 0 heterocycles. The molecule has 2 N–H and O–H groups in total. The summed E-state index contributed by atoms with van der Waals surface area (Å²) in [7, 11) is 0. The Morgan fingerprint density at radius 1 is 1.08 bits per heavy atom. The van der Waals surface area contributed by atoms with E-state index >= 15 is 0 Å². The molecule has 0 aromatic heterocycles. The number of aliphatic hydroxyl groups is 1. The van der Waals surface area contributed by atoms with Gasteiger partial charge in [0.1, 0.15) is 0 Å². The van der Waals surface area contributed by atoms with E-state index < -0.39 is 0 Å². The van der Waals surface area contributed by atoms with E-state index in [-0.39, 0.29) is 13.5 Å². The maximum atomic E-state index is 9.67. The molecule has 1 aromatic rings. The van der Waals surface area contributed by atoms with Gasteiger partial charge in [-0.25, -0.2) is 0 Å². The van der Waals surface area contributed by atoms with Crippen LogP contribution in [0.2, 0.25) is 6.32 Å².